The smallest absolute Gasteiger partial charge is 0.442 e. The Kier molecular flexibility index (Phi) is 5.69. The van der Waals surface area contributed by atoms with Crippen LogP contribution in [0.5, 0.6) is 5.88 Å². The average Bonchev–Trinajstić information content (AvgIpc) is 2.58. The van der Waals surface area contributed by atoms with Crippen molar-refractivity contribution in [2.24, 2.45) is 0 Å². The number of aldehydes is 1. The first kappa shape index (κ1) is 18.4. The van der Waals surface area contributed by atoms with E-state index in [0.717, 1.165) is 16.9 Å². The number of hydroxylamine groups is 2. The Hall–Kier alpha value is -2.96. The number of nitrogens with zero attached hydrogens (tertiary/aromatic N) is 3. The van der Waals surface area contributed by atoms with Gasteiger partial charge in [0.15, 0.2) is 0 Å². The Bertz CT molecular complexity index is 756. The molecule has 0 fully saturated rings. The molecule has 0 aliphatic heterocycles. The summed E-state index contributed by atoms with van der Waals surface area (Å²) in [7, 11) is 0. The summed E-state index contributed by atoms with van der Waals surface area (Å²) in [5, 5.41) is 1.07. The lowest BCUT2D eigenvalue weighted by Crippen LogP contribution is -2.39. The van der Waals surface area contributed by atoms with E-state index in [4.69, 9.17) is 9.57 Å². The second kappa shape index (κ2) is 7.74. The van der Waals surface area contributed by atoms with Gasteiger partial charge in [-0.15, -0.1) is 5.06 Å². The molecule has 0 aliphatic carbocycles. The van der Waals surface area contributed by atoms with Gasteiger partial charge in [0.2, 0.25) is 0 Å². The number of carbonyl (C=O) groups is 2. The molecule has 7 nitrogen and oxygen atoms in total. The van der Waals surface area contributed by atoms with Crippen LogP contribution in [0.25, 0.3) is 11.3 Å². The van der Waals surface area contributed by atoms with Gasteiger partial charge < -0.3 is 9.57 Å². The Morgan fingerprint density at radius 2 is 2.04 bits per heavy atom. The minimum absolute atomic E-state index is 0.154. The Morgan fingerprint density at radius 1 is 1.28 bits per heavy atom. The summed E-state index contributed by atoms with van der Waals surface area (Å²) >= 11 is 0. The molecule has 2 aromatic rings. The fourth-order valence-corrected chi connectivity index (χ4v) is 1.96. The molecule has 1 aromatic heterocycles. The first-order chi connectivity index (χ1) is 11.8. The van der Waals surface area contributed by atoms with Gasteiger partial charge in [0.25, 0.3) is 5.88 Å². The topological polar surface area (TPSA) is 81.6 Å². The summed E-state index contributed by atoms with van der Waals surface area (Å²) in [4.78, 5) is 37.0. The van der Waals surface area contributed by atoms with E-state index < -0.39 is 11.7 Å². The predicted octanol–water partition coefficient (Wildman–Crippen LogP) is 3.51. The van der Waals surface area contributed by atoms with Gasteiger partial charge in [-0.1, -0.05) is 18.2 Å². The van der Waals surface area contributed by atoms with Crippen LogP contribution in [0.1, 0.15) is 38.1 Å². The highest BCUT2D eigenvalue weighted by Gasteiger charge is 2.23. The first-order valence-electron chi connectivity index (χ1n) is 7.88. The molecule has 0 radical (unpaired) electrons. The third-order valence-electron chi connectivity index (χ3n) is 3.02. The highest BCUT2D eigenvalue weighted by molar-refractivity contribution is 5.78. The molecule has 2 rings (SSSR count). The van der Waals surface area contributed by atoms with Gasteiger partial charge in [0.05, 0.1) is 24.6 Å². The lowest BCUT2D eigenvalue weighted by atomic mass is 10.1. The molecule has 25 heavy (non-hydrogen) atoms. The average molecular weight is 343 g/mol. The minimum Gasteiger partial charge on any atom is -0.442 e. The highest BCUT2D eigenvalue weighted by Crippen LogP contribution is 2.20. The van der Waals surface area contributed by atoms with Crippen LogP contribution in [0, 0.1) is 0 Å². The van der Waals surface area contributed by atoms with Crippen LogP contribution in [-0.2, 0) is 4.74 Å². The lowest BCUT2D eigenvalue weighted by Gasteiger charge is -2.25. The third kappa shape index (κ3) is 5.27. The van der Waals surface area contributed by atoms with E-state index in [1.165, 1.54) is 6.20 Å². The molecule has 0 saturated carbocycles. The molecule has 1 heterocycles. The van der Waals surface area contributed by atoms with E-state index >= 15 is 0 Å². The van der Waals surface area contributed by atoms with Gasteiger partial charge in [0.1, 0.15) is 11.9 Å². The molecule has 1 amide bonds. The van der Waals surface area contributed by atoms with Gasteiger partial charge in [-0.25, -0.2) is 9.78 Å². The van der Waals surface area contributed by atoms with Crippen molar-refractivity contribution in [3.05, 3.63) is 42.2 Å². The number of hydrogen-bond donors (Lipinski definition) is 0. The summed E-state index contributed by atoms with van der Waals surface area (Å²) in [6.07, 6.45) is 3.12. The highest BCUT2D eigenvalue weighted by atomic mass is 16.7. The Balaban J connectivity index is 2.20. The normalized spacial score (nSPS) is 10.9. The van der Waals surface area contributed by atoms with Crippen molar-refractivity contribution in [2.45, 2.75) is 33.3 Å². The second-order valence-electron chi connectivity index (χ2n) is 6.25. The van der Waals surface area contributed by atoms with Gasteiger partial charge in [-0.3, -0.25) is 9.78 Å². The molecule has 7 heteroatoms. The van der Waals surface area contributed by atoms with Crippen LogP contribution < -0.4 is 4.84 Å². The molecule has 0 aliphatic rings. The first-order valence-corrected chi connectivity index (χ1v) is 7.88. The molecule has 1 aromatic carbocycles. The maximum Gasteiger partial charge on any atom is 0.443 e. The van der Waals surface area contributed by atoms with Crippen molar-refractivity contribution in [3.8, 4) is 17.1 Å². The molecular formula is C18H21N3O4. The molecule has 0 spiro atoms. The van der Waals surface area contributed by atoms with Crippen molar-refractivity contribution in [2.75, 3.05) is 6.54 Å². The third-order valence-corrected chi connectivity index (χ3v) is 3.02. The van der Waals surface area contributed by atoms with Crippen molar-refractivity contribution >= 4 is 12.4 Å². The van der Waals surface area contributed by atoms with E-state index in [0.29, 0.717) is 11.3 Å². The van der Waals surface area contributed by atoms with Crippen molar-refractivity contribution in [1.82, 2.24) is 15.0 Å². The van der Waals surface area contributed by atoms with Gasteiger partial charge in [-0.05, 0) is 33.8 Å². The second-order valence-corrected chi connectivity index (χ2v) is 6.25. The summed E-state index contributed by atoms with van der Waals surface area (Å²) in [6.45, 7) is 7.37. The maximum atomic E-state index is 12.1. The number of carbonyl (C=O) groups excluding carboxylic acids is 2. The quantitative estimate of drug-likeness (QED) is 0.610. The zero-order chi connectivity index (χ0) is 18.4. The molecule has 0 atom stereocenters. The number of amides is 1. The number of aromatic nitrogens is 2. The fourth-order valence-electron chi connectivity index (χ4n) is 1.96. The Labute approximate surface area is 146 Å². The van der Waals surface area contributed by atoms with E-state index in [2.05, 4.69) is 9.97 Å². The SMILES string of the molecule is CCN(Oc1cncc(-c2cccc(C=O)c2)n1)C(=O)OC(C)(C)C. The predicted molar refractivity (Wildman–Crippen MR) is 92.1 cm³/mol. The number of ether oxygens (including phenoxy) is 1. The standard InChI is InChI=1S/C18H21N3O4/c1-5-21(17(23)24-18(2,3)4)25-16-11-19-10-15(20-16)14-8-6-7-13(9-14)12-22/h6-12H,5H2,1-4H3. The summed E-state index contributed by atoms with van der Waals surface area (Å²) in [5.41, 5.74) is 1.16. The zero-order valence-corrected chi connectivity index (χ0v) is 14.7. The monoisotopic (exact) mass is 343 g/mol. The fraction of sp³-hybridized carbons (Fsp3) is 0.333. The van der Waals surface area contributed by atoms with Crippen LogP contribution in [0.4, 0.5) is 4.79 Å². The summed E-state index contributed by atoms with van der Waals surface area (Å²) < 4.78 is 5.28. The van der Waals surface area contributed by atoms with Crippen LogP contribution in [0.3, 0.4) is 0 Å². The van der Waals surface area contributed by atoms with Gasteiger partial charge in [0, 0.05) is 11.1 Å². The molecule has 0 N–H and O–H groups in total. The molecule has 0 unspecified atom stereocenters. The summed E-state index contributed by atoms with van der Waals surface area (Å²) in [5.74, 6) is 0.154. The Morgan fingerprint density at radius 3 is 2.68 bits per heavy atom. The van der Waals surface area contributed by atoms with Gasteiger partial charge >= 0.3 is 6.09 Å². The van der Waals surface area contributed by atoms with Crippen molar-refractivity contribution in [3.63, 3.8) is 0 Å². The van der Waals surface area contributed by atoms with Crippen molar-refractivity contribution < 1.29 is 19.2 Å². The largest absolute Gasteiger partial charge is 0.443 e. The van der Waals surface area contributed by atoms with Crippen LogP contribution in [0.2, 0.25) is 0 Å². The molecule has 132 valence electrons. The molecule has 0 bridgehead atoms. The van der Waals surface area contributed by atoms with Crippen LogP contribution in [0.15, 0.2) is 36.7 Å². The maximum absolute atomic E-state index is 12.1. The lowest BCUT2D eigenvalue weighted by molar-refractivity contribution is -0.0720. The number of rotatable bonds is 5. The van der Waals surface area contributed by atoms with Crippen LogP contribution >= 0.6 is 0 Å². The molecule has 0 saturated heterocycles. The van der Waals surface area contributed by atoms with Crippen molar-refractivity contribution in [1.29, 1.82) is 0 Å². The number of hydrogen-bond acceptors (Lipinski definition) is 6. The zero-order valence-electron chi connectivity index (χ0n) is 14.7. The van der Waals surface area contributed by atoms with E-state index in [-0.39, 0.29) is 12.4 Å². The number of benzene rings is 1. The summed E-state index contributed by atoms with van der Waals surface area (Å²) in [6, 6.07) is 6.97. The van der Waals surface area contributed by atoms with E-state index in [9.17, 15) is 9.59 Å². The minimum atomic E-state index is -0.628. The van der Waals surface area contributed by atoms with E-state index in [1.807, 2.05) is 6.07 Å². The van der Waals surface area contributed by atoms with Crippen LogP contribution in [-0.4, -0.2) is 39.6 Å². The van der Waals surface area contributed by atoms with Gasteiger partial charge in [-0.2, -0.15) is 0 Å². The van der Waals surface area contributed by atoms with E-state index in [1.54, 1.807) is 52.1 Å². The molecular weight excluding hydrogens is 322 g/mol.